The van der Waals surface area contributed by atoms with Crippen molar-refractivity contribution in [2.75, 3.05) is 33.8 Å². The fourth-order valence-electron chi connectivity index (χ4n) is 5.26. The minimum atomic E-state index is -1.25. The van der Waals surface area contributed by atoms with E-state index < -0.39 is 79.8 Å². The van der Waals surface area contributed by atoms with Gasteiger partial charge in [0.15, 0.2) is 12.6 Å². The zero-order valence-electron chi connectivity index (χ0n) is 21.0. The summed E-state index contributed by atoms with van der Waals surface area (Å²) in [7, 11) is 3.35. The maximum atomic E-state index is 12.5. The molecule has 0 spiro atoms. The van der Waals surface area contributed by atoms with Gasteiger partial charge >= 0.3 is 0 Å². The maximum Gasteiger partial charge on any atom is 0.236 e. The molecule has 1 saturated carbocycles. The third-order valence-corrected chi connectivity index (χ3v) is 7.35. The van der Waals surface area contributed by atoms with Crippen LogP contribution >= 0.6 is 0 Å². The molecule has 12 N–H and O–H groups in total. The van der Waals surface area contributed by atoms with Crippen molar-refractivity contribution in [2.24, 2.45) is 22.9 Å². The van der Waals surface area contributed by atoms with Gasteiger partial charge in [0.05, 0.1) is 43.5 Å². The molecule has 1 aliphatic carbocycles. The number of nitrogens with two attached hydrogens (primary N) is 4. The number of likely N-dealkylation sites (N-methyl/N-ethyl adjacent to an activating group) is 2. The fraction of sp³-hybridized carbons (Fsp3) is 0.955. The number of hydrogen-bond acceptors (Lipinski definition) is 13. The average Bonchev–Trinajstić information content (AvgIpc) is 2.85. The van der Waals surface area contributed by atoms with Gasteiger partial charge in [-0.05, 0) is 26.3 Å². The first-order valence-electron chi connectivity index (χ1n) is 12.6. The van der Waals surface area contributed by atoms with E-state index in [0.29, 0.717) is 13.0 Å². The van der Waals surface area contributed by atoms with E-state index in [2.05, 4.69) is 5.32 Å². The van der Waals surface area contributed by atoms with Gasteiger partial charge in [-0.25, -0.2) is 0 Å². The molecule has 12 atom stereocenters. The molecule has 0 aromatic rings. The molecule has 1 amide bonds. The Kier molecular flexibility index (Phi) is 10.8. The number of aliphatic hydroxyl groups excluding tert-OH is 3. The van der Waals surface area contributed by atoms with Gasteiger partial charge in [0.1, 0.15) is 18.3 Å². The molecule has 0 radical (unpaired) electrons. The number of ether oxygens (including phenoxy) is 4. The summed E-state index contributed by atoms with van der Waals surface area (Å²) in [5.74, 6) is -0.411. The lowest BCUT2D eigenvalue weighted by Gasteiger charge is -2.49. The second kappa shape index (κ2) is 13.2. The highest BCUT2D eigenvalue weighted by molar-refractivity contribution is 5.78. The molecule has 0 aromatic carbocycles. The Bertz CT molecular complexity index is 709. The smallest absolute Gasteiger partial charge is 0.236 e. The Hall–Kier alpha value is -1.01. The number of nitrogens with one attached hydrogen (secondary N) is 1. The average molecular weight is 521 g/mol. The van der Waals surface area contributed by atoms with Crippen molar-refractivity contribution in [3.05, 3.63) is 0 Å². The number of hydrogen-bond donors (Lipinski definition) is 8. The van der Waals surface area contributed by atoms with E-state index in [1.165, 1.54) is 11.9 Å². The molecule has 3 fully saturated rings. The van der Waals surface area contributed by atoms with E-state index in [1.54, 1.807) is 0 Å². The van der Waals surface area contributed by atoms with E-state index in [1.807, 2.05) is 7.05 Å². The van der Waals surface area contributed by atoms with E-state index in [4.69, 9.17) is 41.9 Å². The van der Waals surface area contributed by atoms with Crippen LogP contribution in [0.25, 0.3) is 0 Å². The molecule has 36 heavy (non-hydrogen) atoms. The van der Waals surface area contributed by atoms with E-state index in [-0.39, 0.29) is 25.5 Å². The first-order chi connectivity index (χ1) is 17.1. The van der Waals surface area contributed by atoms with Crippen LogP contribution in [0.1, 0.15) is 25.7 Å². The highest BCUT2D eigenvalue weighted by atomic mass is 16.7. The number of amides is 1. The molecule has 14 nitrogen and oxygen atoms in total. The third-order valence-electron chi connectivity index (χ3n) is 7.35. The lowest BCUT2D eigenvalue weighted by atomic mass is 9.82. The van der Waals surface area contributed by atoms with Crippen LogP contribution in [0, 0.1) is 0 Å². The second-order valence-corrected chi connectivity index (χ2v) is 9.97. The number of aliphatic hydroxyl groups is 3. The molecule has 0 unspecified atom stereocenters. The van der Waals surface area contributed by atoms with Crippen molar-refractivity contribution in [2.45, 2.75) is 99.1 Å². The first-order valence-corrected chi connectivity index (χ1v) is 12.6. The third kappa shape index (κ3) is 6.70. The SMILES string of the molecule is CNC[C@@H]1CC[C@@H](N)[C@@H](O[C@H]2[C@H](O)[C@H](N(C)C(=O)CN)[C@@H](O[C@@H]3C[C@@H](N)[C@H](O)[C@@H](CO)O3)C[C@H]2N)O1. The molecule has 3 aliphatic rings. The minimum absolute atomic E-state index is 0.0902. The maximum absolute atomic E-state index is 12.5. The van der Waals surface area contributed by atoms with Crippen LogP contribution in [0.4, 0.5) is 0 Å². The molecule has 0 bridgehead atoms. The highest BCUT2D eigenvalue weighted by Crippen LogP contribution is 2.32. The van der Waals surface area contributed by atoms with Crippen LogP contribution in [-0.2, 0) is 23.7 Å². The van der Waals surface area contributed by atoms with Crippen LogP contribution in [0.15, 0.2) is 0 Å². The van der Waals surface area contributed by atoms with Crippen LogP contribution in [-0.4, -0.2) is 133 Å². The van der Waals surface area contributed by atoms with E-state index >= 15 is 0 Å². The van der Waals surface area contributed by atoms with Gasteiger partial charge in [0, 0.05) is 32.1 Å². The Labute approximate surface area is 211 Å². The van der Waals surface area contributed by atoms with Crippen molar-refractivity contribution >= 4 is 5.91 Å². The quantitative estimate of drug-likeness (QED) is 0.143. The van der Waals surface area contributed by atoms with Gasteiger partial charge in [0.2, 0.25) is 5.91 Å². The van der Waals surface area contributed by atoms with Crippen molar-refractivity contribution in [3.8, 4) is 0 Å². The van der Waals surface area contributed by atoms with Crippen LogP contribution in [0.3, 0.4) is 0 Å². The van der Waals surface area contributed by atoms with Crippen molar-refractivity contribution in [1.82, 2.24) is 10.2 Å². The molecule has 2 heterocycles. The molecule has 3 rings (SSSR count). The Balaban J connectivity index is 1.77. The summed E-state index contributed by atoms with van der Waals surface area (Å²) in [6, 6.07) is -2.64. The summed E-state index contributed by atoms with van der Waals surface area (Å²) in [6.45, 7) is -0.0796. The molecule has 14 heteroatoms. The summed E-state index contributed by atoms with van der Waals surface area (Å²) >= 11 is 0. The normalized spacial score (nSPS) is 43.8. The van der Waals surface area contributed by atoms with Gasteiger partial charge < -0.3 is 67.4 Å². The van der Waals surface area contributed by atoms with E-state index in [9.17, 15) is 20.1 Å². The summed E-state index contributed by atoms with van der Waals surface area (Å²) in [5, 5.41) is 34.1. The minimum Gasteiger partial charge on any atom is -0.394 e. The Morgan fingerprint density at radius 1 is 1.06 bits per heavy atom. The van der Waals surface area contributed by atoms with Gasteiger partial charge in [-0.1, -0.05) is 0 Å². The zero-order chi connectivity index (χ0) is 26.6. The Morgan fingerprint density at radius 2 is 1.78 bits per heavy atom. The van der Waals surface area contributed by atoms with Crippen LogP contribution in [0.2, 0.25) is 0 Å². The number of carbonyl (C=O) groups excluding carboxylic acids is 1. The molecular weight excluding hydrogens is 476 g/mol. The summed E-state index contributed by atoms with van der Waals surface area (Å²) in [6.07, 6.45) is -4.81. The standard InChI is InChI=1S/C22H44N6O8/c1-27-8-10-3-4-11(24)22(33-10)36-21-13(26)5-14(18(20(21)32)28(2)16(30)7-23)34-17-6-12(25)19(31)15(9-29)35-17/h10-15,17-22,27,29,31-32H,3-9,23-26H2,1-2H3/t10-,11+,12+,13+,14-,15+,17-,18+,19-,20+,21+,22+/m0/s1. The van der Waals surface area contributed by atoms with E-state index in [0.717, 1.165) is 6.42 Å². The number of rotatable bonds is 9. The zero-order valence-corrected chi connectivity index (χ0v) is 21.0. The molecular formula is C22H44N6O8. The predicted molar refractivity (Wildman–Crippen MR) is 128 cm³/mol. The molecule has 210 valence electrons. The lowest BCUT2D eigenvalue weighted by molar-refractivity contribution is -0.282. The van der Waals surface area contributed by atoms with Gasteiger partial charge in [-0.3, -0.25) is 4.79 Å². The van der Waals surface area contributed by atoms with Crippen molar-refractivity contribution in [1.29, 1.82) is 0 Å². The Morgan fingerprint density at radius 3 is 2.42 bits per heavy atom. The van der Waals surface area contributed by atoms with Crippen molar-refractivity contribution in [3.63, 3.8) is 0 Å². The van der Waals surface area contributed by atoms with Gasteiger partial charge in [-0.2, -0.15) is 0 Å². The van der Waals surface area contributed by atoms with Gasteiger partial charge in [0.25, 0.3) is 0 Å². The van der Waals surface area contributed by atoms with Gasteiger partial charge in [-0.15, -0.1) is 0 Å². The van der Waals surface area contributed by atoms with Crippen LogP contribution in [0.5, 0.6) is 0 Å². The number of nitrogens with zero attached hydrogens (tertiary/aromatic N) is 1. The molecule has 0 aromatic heterocycles. The highest BCUT2D eigenvalue weighted by Gasteiger charge is 2.50. The lowest BCUT2D eigenvalue weighted by Crippen LogP contribution is -2.68. The second-order valence-electron chi connectivity index (χ2n) is 9.97. The largest absolute Gasteiger partial charge is 0.394 e. The summed E-state index contributed by atoms with van der Waals surface area (Å²) in [4.78, 5) is 13.8. The number of carbonyl (C=O) groups is 1. The monoisotopic (exact) mass is 520 g/mol. The summed E-state index contributed by atoms with van der Waals surface area (Å²) in [5.41, 5.74) is 24.3. The summed E-state index contributed by atoms with van der Waals surface area (Å²) < 4.78 is 24.0. The first kappa shape index (κ1) is 29.5. The predicted octanol–water partition coefficient (Wildman–Crippen LogP) is -4.52. The fourth-order valence-corrected chi connectivity index (χ4v) is 5.26. The topological polar surface area (TPSA) is 234 Å². The molecule has 2 aliphatic heterocycles. The van der Waals surface area contributed by atoms with Crippen LogP contribution < -0.4 is 28.3 Å². The molecule has 2 saturated heterocycles. The van der Waals surface area contributed by atoms with Crippen molar-refractivity contribution < 1.29 is 39.1 Å².